The van der Waals surface area contributed by atoms with Gasteiger partial charge in [-0.1, -0.05) is 0 Å². The average Bonchev–Trinajstić information content (AvgIpc) is 3.43. The molecular weight excluding hydrogens is 630 g/mol. The first-order chi connectivity index (χ1) is 21.9. The van der Waals surface area contributed by atoms with Crippen LogP contribution in [0.25, 0.3) is 0 Å². The second kappa shape index (κ2) is 14.0. The fraction of sp³-hybridized carbons (Fsp3) is 0.225. The predicted molar refractivity (Wildman–Crippen MR) is 185 cm³/mol. The van der Waals surface area contributed by atoms with Crippen LogP contribution in [-0.4, -0.2) is 19.6 Å². The monoisotopic (exact) mass is 671 g/mol. The topological polar surface area (TPSA) is 36.9 Å². The molecule has 0 spiro atoms. The van der Waals surface area contributed by atoms with Crippen molar-refractivity contribution in [2.24, 2.45) is 2.94 Å². The van der Waals surface area contributed by atoms with E-state index in [2.05, 4.69) is 152 Å². The number of methoxy groups -OCH3 is 1. The number of hydrogen-bond acceptors (Lipinski definition) is 2. The van der Waals surface area contributed by atoms with Crippen molar-refractivity contribution in [1.82, 2.24) is 5.32 Å². The van der Waals surface area contributed by atoms with Crippen LogP contribution in [0.4, 0.5) is 5.69 Å². The number of rotatable bonds is 10. The molecule has 4 nitrogen and oxygen atoms in total. The van der Waals surface area contributed by atoms with Gasteiger partial charge in [0.25, 0.3) is 0 Å². The van der Waals surface area contributed by atoms with Crippen molar-refractivity contribution in [3.8, 4) is 5.75 Å². The molecule has 1 heterocycles. The summed E-state index contributed by atoms with van der Waals surface area (Å²) in [6, 6.07) is 46.1. The van der Waals surface area contributed by atoms with Gasteiger partial charge in [0.1, 0.15) is 0 Å². The van der Waals surface area contributed by atoms with E-state index in [9.17, 15) is 0 Å². The van der Waals surface area contributed by atoms with Gasteiger partial charge in [0.15, 0.2) is 0 Å². The molecule has 0 bridgehead atoms. The van der Waals surface area contributed by atoms with Gasteiger partial charge in [-0.25, -0.2) is 0 Å². The molecule has 1 aliphatic heterocycles. The quantitative estimate of drug-likeness (QED) is 0.161. The van der Waals surface area contributed by atoms with Crippen molar-refractivity contribution in [2.45, 2.75) is 39.2 Å². The first-order valence-electron chi connectivity index (χ1n) is 15.9. The Morgan fingerprint density at radius 3 is 1.64 bits per heavy atom. The van der Waals surface area contributed by atoms with Crippen LogP contribution in [0.15, 0.2) is 130 Å². The van der Waals surface area contributed by atoms with Gasteiger partial charge in [-0.2, -0.15) is 0 Å². The summed E-state index contributed by atoms with van der Waals surface area (Å²) < 4.78 is 15.1. The number of nitrogens with one attached hydrogen (secondary N) is 1. The summed E-state index contributed by atoms with van der Waals surface area (Å²) in [5.74, 6) is 1.83. The van der Waals surface area contributed by atoms with Crippen LogP contribution in [0, 0.1) is 20.8 Å². The fourth-order valence-electron chi connectivity index (χ4n) is 7.12. The van der Waals surface area contributed by atoms with Gasteiger partial charge in [-0.05, 0) is 0 Å². The van der Waals surface area contributed by atoms with Gasteiger partial charge in [0.2, 0.25) is 0 Å². The molecule has 1 atom stereocenters. The molecule has 0 radical (unpaired) electrons. The van der Waals surface area contributed by atoms with E-state index in [4.69, 9.17) is 7.67 Å². The zero-order valence-corrected chi connectivity index (χ0v) is 29.3. The molecule has 0 amide bonds. The third-order valence-electron chi connectivity index (χ3n) is 8.88. The van der Waals surface area contributed by atoms with Gasteiger partial charge in [0, 0.05) is 0 Å². The Labute approximate surface area is 273 Å². The molecular formula is C40H43N3OZr. The predicted octanol–water partition coefficient (Wildman–Crippen LogP) is 8.80. The Hall–Kier alpha value is -3.95. The molecule has 1 N–H and O–H groups in total. The van der Waals surface area contributed by atoms with Crippen molar-refractivity contribution in [3.05, 3.63) is 166 Å². The normalized spacial score (nSPS) is 15.7. The van der Waals surface area contributed by atoms with Gasteiger partial charge >= 0.3 is 275 Å². The van der Waals surface area contributed by atoms with Gasteiger partial charge < -0.3 is 0 Å². The minimum absolute atomic E-state index is 0.0924. The molecule has 228 valence electrons. The molecule has 1 aliphatic rings. The zero-order valence-electron chi connectivity index (χ0n) is 26.8. The standard InChI is InChI=1S/C19H22N3O.3C7H7.Zr/c1-12-9-13(2)18(14(3)10-12)16-11-21-19(20)22(16)15-7-5-6-8-17(15)23-4;3*1-7-5-3-2-4-6-7;/h5-10,16H,11H2,1-4H3,(H-,20,21);3*2-6H,1H2;/q-1;;;;+1. The summed E-state index contributed by atoms with van der Waals surface area (Å²) in [6.45, 7) is 7.45. The van der Waals surface area contributed by atoms with Crippen molar-refractivity contribution < 1.29 is 25.3 Å². The Bertz CT molecular complexity index is 1630. The molecule has 0 aromatic heterocycles. The number of guanidine groups is 1. The molecule has 0 saturated carbocycles. The molecule has 5 heteroatoms. The molecule has 5 aromatic rings. The molecule has 1 saturated heterocycles. The zero-order chi connectivity index (χ0) is 31.2. The fourth-order valence-corrected chi connectivity index (χ4v) is 17.5. The minimum atomic E-state index is -3.56. The Morgan fingerprint density at radius 1 is 0.689 bits per heavy atom. The van der Waals surface area contributed by atoms with Crippen molar-refractivity contribution >= 4 is 11.6 Å². The molecule has 45 heavy (non-hydrogen) atoms. The second-order valence-corrected chi connectivity index (χ2v) is 21.6. The SMILES string of the molecule is COc1ccccc1N1C(=[N][Zr]([CH2]c2ccccc2)([CH2]c2ccccc2)[CH2]c2ccccc2)NCC1c1c(C)cc(C)cc1C. The van der Waals surface area contributed by atoms with Gasteiger partial charge in [-0.3, -0.25) is 0 Å². The van der Waals surface area contributed by atoms with Crippen LogP contribution in [0.1, 0.15) is 45.0 Å². The van der Waals surface area contributed by atoms with Gasteiger partial charge in [0.05, 0.1) is 0 Å². The molecule has 6 rings (SSSR count). The van der Waals surface area contributed by atoms with Crippen LogP contribution < -0.4 is 15.0 Å². The summed E-state index contributed by atoms with van der Waals surface area (Å²) in [7, 11) is 1.76. The maximum atomic E-state index is 6.06. The number of para-hydroxylation sites is 2. The number of benzene rings is 5. The number of ether oxygens (including phenoxy) is 1. The van der Waals surface area contributed by atoms with Crippen LogP contribution in [0.5, 0.6) is 5.75 Å². The van der Waals surface area contributed by atoms with E-state index in [1.807, 2.05) is 6.07 Å². The van der Waals surface area contributed by atoms with Crippen molar-refractivity contribution in [3.63, 3.8) is 0 Å². The van der Waals surface area contributed by atoms with E-state index < -0.39 is 20.6 Å². The summed E-state index contributed by atoms with van der Waals surface area (Å²) in [6.07, 6.45) is 0. The Kier molecular flexibility index (Phi) is 9.66. The van der Waals surface area contributed by atoms with E-state index >= 15 is 0 Å². The molecule has 1 unspecified atom stereocenters. The van der Waals surface area contributed by atoms with E-state index in [0.29, 0.717) is 0 Å². The van der Waals surface area contributed by atoms with Crippen LogP contribution >= 0.6 is 0 Å². The summed E-state index contributed by atoms with van der Waals surface area (Å²) in [5.41, 5.74) is 10.4. The summed E-state index contributed by atoms with van der Waals surface area (Å²) in [4.78, 5) is 2.44. The summed E-state index contributed by atoms with van der Waals surface area (Å²) >= 11 is -3.56. The molecule has 1 fully saturated rings. The Morgan fingerprint density at radius 2 is 1.16 bits per heavy atom. The van der Waals surface area contributed by atoms with E-state index in [-0.39, 0.29) is 6.04 Å². The molecule has 0 aliphatic carbocycles. The number of aryl methyl sites for hydroxylation is 3. The first-order valence-corrected chi connectivity index (χ1v) is 22.2. The van der Waals surface area contributed by atoms with Crippen LogP contribution in [-0.2, 0) is 32.9 Å². The van der Waals surface area contributed by atoms with E-state index in [1.165, 1.54) is 38.9 Å². The molecule has 5 aromatic carbocycles. The number of nitrogens with zero attached hydrogens (tertiary/aromatic N) is 2. The van der Waals surface area contributed by atoms with Gasteiger partial charge in [-0.15, -0.1) is 0 Å². The number of anilines is 1. The first kappa shape index (κ1) is 31.1. The summed E-state index contributed by atoms with van der Waals surface area (Å²) in [5, 5.41) is 3.86. The Balaban J connectivity index is 1.56. The van der Waals surface area contributed by atoms with E-state index in [0.717, 1.165) is 36.3 Å². The van der Waals surface area contributed by atoms with Crippen molar-refractivity contribution in [1.29, 1.82) is 0 Å². The van der Waals surface area contributed by atoms with Crippen LogP contribution in [0.2, 0.25) is 0 Å². The van der Waals surface area contributed by atoms with Crippen molar-refractivity contribution in [2.75, 3.05) is 18.6 Å². The van der Waals surface area contributed by atoms with E-state index in [1.54, 1.807) is 7.11 Å². The van der Waals surface area contributed by atoms with Crippen LogP contribution in [0.3, 0.4) is 0 Å². The maximum absolute atomic E-state index is 6.06. The third kappa shape index (κ3) is 7.15. The third-order valence-corrected chi connectivity index (χ3v) is 18.4. The average molecular weight is 673 g/mol. The second-order valence-electron chi connectivity index (χ2n) is 12.4. The number of hydrogen-bond donors (Lipinski definition) is 1.